The van der Waals surface area contributed by atoms with Gasteiger partial charge in [0.1, 0.15) is 5.76 Å². The SMILES string of the molecule is O=C(c1noc2c1CCCC2)N1CCC(c2ccn[nH]2)C1. The highest BCUT2D eigenvalue weighted by atomic mass is 16.5. The van der Waals surface area contributed by atoms with Gasteiger partial charge in [-0.15, -0.1) is 0 Å². The fourth-order valence-electron chi connectivity index (χ4n) is 3.40. The van der Waals surface area contributed by atoms with Gasteiger partial charge >= 0.3 is 0 Å². The molecule has 1 aliphatic heterocycles. The Balaban J connectivity index is 1.52. The maximum absolute atomic E-state index is 12.7. The van der Waals surface area contributed by atoms with Gasteiger partial charge in [0, 0.05) is 42.9 Å². The Labute approximate surface area is 122 Å². The Morgan fingerprint density at radius 2 is 2.29 bits per heavy atom. The summed E-state index contributed by atoms with van der Waals surface area (Å²) in [4.78, 5) is 14.6. The molecule has 0 radical (unpaired) electrons. The highest BCUT2D eigenvalue weighted by Gasteiger charge is 2.32. The molecule has 1 N–H and O–H groups in total. The van der Waals surface area contributed by atoms with Crippen molar-refractivity contribution in [2.45, 2.75) is 38.0 Å². The lowest BCUT2D eigenvalue weighted by atomic mass is 9.96. The Bertz CT molecular complexity index is 647. The van der Waals surface area contributed by atoms with Crippen LogP contribution in [0.2, 0.25) is 0 Å². The molecule has 4 rings (SSSR count). The van der Waals surface area contributed by atoms with E-state index < -0.39 is 0 Å². The summed E-state index contributed by atoms with van der Waals surface area (Å²) in [5.74, 6) is 1.28. The molecule has 1 saturated heterocycles. The first kappa shape index (κ1) is 12.6. The first-order valence-corrected chi connectivity index (χ1v) is 7.59. The van der Waals surface area contributed by atoms with Gasteiger partial charge in [0.25, 0.3) is 5.91 Å². The number of H-pyrrole nitrogens is 1. The molecule has 1 atom stereocenters. The number of likely N-dealkylation sites (tertiary alicyclic amines) is 1. The molecule has 1 aliphatic carbocycles. The summed E-state index contributed by atoms with van der Waals surface area (Å²) in [7, 11) is 0. The molecule has 2 aromatic rings. The second kappa shape index (κ2) is 5.02. The van der Waals surface area contributed by atoms with E-state index in [0.29, 0.717) is 11.6 Å². The zero-order chi connectivity index (χ0) is 14.2. The van der Waals surface area contributed by atoms with E-state index in [1.807, 2.05) is 11.0 Å². The maximum atomic E-state index is 12.7. The van der Waals surface area contributed by atoms with Crippen LogP contribution in [0, 0.1) is 0 Å². The molecule has 6 heteroatoms. The zero-order valence-corrected chi connectivity index (χ0v) is 11.8. The minimum Gasteiger partial charge on any atom is -0.360 e. The van der Waals surface area contributed by atoms with Crippen molar-refractivity contribution in [2.24, 2.45) is 0 Å². The quantitative estimate of drug-likeness (QED) is 0.915. The van der Waals surface area contributed by atoms with Crippen molar-refractivity contribution in [2.75, 3.05) is 13.1 Å². The van der Waals surface area contributed by atoms with Crippen LogP contribution in [0.1, 0.15) is 52.7 Å². The number of fused-ring (bicyclic) bond motifs is 1. The summed E-state index contributed by atoms with van der Waals surface area (Å²) in [6.07, 6.45) is 6.79. The van der Waals surface area contributed by atoms with Crippen LogP contribution in [0.25, 0.3) is 0 Å². The van der Waals surface area contributed by atoms with Crippen molar-refractivity contribution >= 4 is 5.91 Å². The van der Waals surface area contributed by atoms with Crippen LogP contribution >= 0.6 is 0 Å². The summed E-state index contributed by atoms with van der Waals surface area (Å²) in [5, 5.41) is 11.0. The Hall–Kier alpha value is -2.11. The molecule has 0 spiro atoms. The van der Waals surface area contributed by atoms with E-state index in [1.54, 1.807) is 6.20 Å². The lowest BCUT2D eigenvalue weighted by Gasteiger charge is -2.16. The van der Waals surface area contributed by atoms with Crippen molar-refractivity contribution in [3.8, 4) is 0 Å². The number of aromatic amines is 1. The normalized spacial score (nSPS) is 21.5. The lowest BCUT2D eigenvalue weighted by Crippen LogP contribution is -2.29. The van der Waals surface area contributed by atoms with Crippen LogP contribution in [0.15, 0.2) is 16.8 Å². The number of aromatic nitrogens is 3. The van der Waals surface area contributed by atoms with Crippen LogP contribution in [0.5, 0.6) is 0 Å². The maximum Gasteiger partial charge on any atom is 0.276 e. The molecule has 2 aromatic heterocycles. The molecule has 21 heavy (non-hydrogen) atoms. The van der Waals surface area contributed by atoms with Crippen molar-refractivity contribution in [1.82, 2.24) is 20.3 Å². The standard InChI is InChI=1S/C15H18N4O2/c20-15(14-11-3-1-2-4-13(11)21-18-14)19-8-6-10(9-19)12-5-7-16-17-12/h5,7,10H,1-4,6,8-9H2,(H,16,17). The fourth-order valence-corrected chi connectivity index (χ4v) is 3.40. The van der Waals surface area contributed by atoms with Gasteiger partial charge in [-0.1, -0.05) is 5.16 Å². The van der Waals surface area contributed by atoms with Gasteiger partial charge < -0.3 is 9.42 Å². The van der Waals surface area contributed by atoms with Crippen LogP contribution in [-0.4, -0.2) is 39.3 Å². The van der Waals surface area contributed by atoms with E-state index in [-0.39, 0.29) is 5.91 Å². The summed E-state index contributed by atoms with van der Waals surface area (Å²) < 4.78 is 5.35. The second-order valence-electron chi connectivity index (χ2n) is 5.89. The average Bonchev–Trinajstić information content (AvgIpc) is 3.25. The number of nitrogens with one attached hydrogen (secondary N) is 1. The van der Waals surface area contributed by atoms with Gasteiger partial charge in [-0.2, -0.15) is 5.10 Å². The summed E-state index contributed by atoms with van der Waals surface area (Å²) >= 11 is 0. The van der Waals surface area contributed by atoms with E-state index in [9.17, 15) is 4.79 Å². The number of rotatable bonds is 2. The van der Waals surface area contributed by atoms with Crippen molar-refractivity contribution in [1.29, 1.82) is 0 Å². The third-order valence-corrected chi connectivity index (χ3v) is 4.59. The summed E-state index contributed by atoms with van der Waals surface area (Å²) in [5.41, 5.74) is 2.68. The van der Waals surface area contributed by atoms with Gasteiger partial charge in [0.2, 0.25) is 0 Å². The molecule has 0 bridgehead atoms. The van der Waals surface area contributed by atoms with Crippen molar-refractivity contribution in [3.63, 3.8) is 0 Å². The van der Waals surface area contributed by atoms with Gasteiger partial charge in [0.15, 0.2) is 5.69 Å². The van der Waals surface area contributed by atoms with Crippen LogP contribution in [-0.2, 0) is 12.8 Å². The molecule has 0 aromatic carbocycles. The minimum atomic E-state index is 0.0175. The van der Waals surface area contributed by atoms with Gasteiger partial charge in [-0.05, 0) is 31.7 Å². The molecule has 0 saturated carbocycles. The predicted octanol–water partition coefficient (Wildman–Crippen LogP) is 1.91. The first-order valence-electron chi connectivity index (χ1n) is 7.59. The third-order valence-electron chi connectivity index (χ3n) is 4.59. The Morgan fingerprint density at radius 1 is 1.38 bits per heavy atom. The van der Waals surface area contributed by atoms with Gasteiger partial charge in [-0.3, -0.25) is 9.89 Å². The van der Waals surface area contributed by atoms with Gasteiger partial charge in [0.05, 0.1) is 0 Å². The number of hydrogen-bond acceptors (Lipinski definition) is 4. The highest BCUT2D eigenvalue weighted by Crippen LogP contribution is 2.29. The van der Waals surface area contributed by atoms with Gasteiger partial charge in [-0.25, -0.2) is 0 Å². The molecule has 2 aliphatic rings. The summed E-state index contributed by atoms with van der Waals surface area (Å²) in [6.45, 7) is 1.49. The number of nitrogens with zero attached hydrogens (tertiary/aromatic N) is 3. The van der Waals surface area contributed by atoms with E-state index in [0.717, 1.165) is 62.2 Å². The molecule has 1 amide bonds. The van der Waals surface area contributed by atoms with E-state index in [4.69, 9.17) is 4.52 Å². The van der Waals surface area contributed by atoms with E-state index in [1.165, 1.54) is 0 Å². The molecule has 110 valence electrons. The van der Waals surface area contributed by atoms with Crippen molar-refractivity contribution in [3.05, 3.63) is 35.0 Å². The van der Waals surface area contributed by atoms with E-state index in [2.05, 4.69) is 15.4 Å². The van der Waals surface area contributed by atoms with E-state index >= 15 is 0 Å². The number of amides is 1. The predicted molar refractivity (Wildman–Crippen MR) is 75.0 cm³/mol. The fraction of sp³-hybridized carbons (Fsp3) is 0.533. The molecular formula is C15H18N4O2. The summed E-state index contributed by atoms with van der Waals surface area (Å²) in [6, 6.07) is 1.98. The highest BCUT2D eigenvalue weighted by molar-refractivity contribution is 5.94. The monoisotopic (exact) mass is 286 g/mol. The smallest absolute Gasteiger partial charge is 0.276 e. The average molecular weight is 286 g/mol. The van der Waals surface area contributed by atoms with Crippen LogP contribution < -0.4 is 0 Å². The lowest BCUT2D eigenvalue weighted by molar-refractivity contribution is 0.0779. The molecule has 6 nitrogen and oxygen atoms in total. The molecule has 1 fully saturated rings. The molecular weight excluding hydrogens is 268 g/mol. The largest absolute Gasteiger partial charge is 0.360 e. The second-order valence-corrected chi connectivity index (χ2v) is 5.89. The number of aryl methyl sites for hydroxylation is 1. The number of carbonyl (C=O) groups excluding carboxylic acids is 1. The topological polar surface area (TPSA) is 75.0 Å². The molecule has 3 heterocycles. The van der Waals surface area contributed by atoms with Crippen molar-refractivity contribution < 1.29 is 9.32 Å². The Kier molecular flexibility index (Phi) is 3.02. The van der Waals surface area contributed by atoms with Crippen LogP contribution in [0.3, 0.4) is 0 Å². The third kappa shape index (κ3) is 2.14. The van der Waals surface area contributed by atoms with Crippen LogP contribution in [0.4, 0.5) is 0 Å². The first-order chi connectivity index (χ1) is 10.3. The molecule has 1 unspecified atom stereocenters. The number of hydrogen-bond donors (Lipinski definition) is 1. The minimum absolute atomic E-state index is 0.0175. The zero-order valence-electron chi connectivity index (χ0n) is 11.8. The number of carbonyl (C=O) groups is 1. The Morgan fingerprint density at radius 3 is 3.14 bits per heavy atom.